The van der Waals surface area contributed by atoms with E-state index in [2.05, 4.69) is 179 Å². The molecule has 0 N–H and O–H groups in total. The molecule has 0 aromatic heterocycles. The number of allylic oxidation sites excluding steroid dienone is 26. The van der Waals surface area contributed by atoms with E-state index in [1.807, 2.05) is 0 Å². The van der Waals surface area contributed by atoms with Gasteiger partial charge >= 0.3 is 17.9 Å². The van der Waals surface area contributed by atoms with Crippen molar-refractivity contribution >= 4 is 17.9 Å². The molecule has 0 aliphatic heterocycles. The lowest BCUT2D eigenvalue weighted by atomic mass is 10.1. The van der Waals surface area contributed by atoms with Crippen molar-refractivity contribution in [3.05, 3.63) is 158 Å². The summed E-state index contributed by atoms with van der Waals surface area (Å²) in [6.07, 6.45) is 89.6. The highest BCUT2D eigenvalue weighted by Gasteiger charge is 2.19. The van der Waals surface area contributed by atoms with Crippen molar-refractivity contribution in [2.24, 2.45) is 0 Å². The van der Waals surface area contributed by atoms with Gasteiger partial charge in [-0.25, -0.2) is 0 Å². The summed E-state index contributed by atoms with van der Waals surface area (Å²) in [5.41, 5.74) is 0. The topological polar surface area (TPSA) is 78.9 Å². The lowest BCUT2D eigenvalue weighted by Crippen LogP contribution is -2.30. The van der Waals surface area contributed by atoms with Gasteiger partial charge in [-0.2, -0.15) is 0 Å². The zero-order valence-electron chi connectivity index (χ0n) is 48.0. The van der Waals surface area contributed by atoms with Crippen molar-refractivity contribution in [1.82, 2.24) is 0 Å². The van der Waals surface area contributed by atoms with E-state index in [0.717, 1.165) is 154 Å². The molecule has 0 saturated carbocycles. The quantitative estimate of drug-likeness (QED) is 0.0261. The van der Waals surface area contributed by atoms with Crippen LogP contribution in [0.15, 0.2) is 158 Å². The lowest BCUT2D eigenvalue weighted by Gasteiger charge is -2.18. The summed E-state index contributed by atoms with van der Waals surface area (Å²) in [6, 6.07) is 0. The molecule has 6 nitrogen and oxygen atoms in total. The summed E-state index contributed by atoms with van der Waals surface area (Å²) in [5.74, 6) is -0.980. The zero-order chi connectivity index (χ0) is 54.3. The second-order valence-electron chi connectivity index (χ2n) is 19.1. The molecule has 0 saturated heterocycles. The third kappa shape index (κ3) is 59.8. The molecule has 0 bridgehead atoms. The maximum Gasteiger partial charge on any atom is 0.306 e. The summed E-state index contributed by atoms with van der Waals surface area (Å²) in [5, 5.41) is 0. The molecule has 0 radical (unpaired) electrons. The first-order valence-electron chi connectivity index (χ1n) is 30.0. The fraction of sp³-hybridized carbons (Fsp3) is 0.580. The van der Waals surface area contributed by atoms with E-state index in [0.29, 0.717) is 25.7 Å². The van der Waals surface area contributed by atoms with Crippen molar-refractivity contribution in [3.8, 4) is 0 Å². The first-order valence-corrected chi connectivity index (χ1v) is 30.0. The Labute approximate surface area is 460 Å². The third-order valence-corrected chi connectivity index (χ3v) is 12.0. The molecule has 1 unspecified atom stereocenters. The second kappa shape index (κ2) is 61.6. The summed E-state index contributed by atoms with van der Waals surface area (Å²) in [4.78, 5) is 38.1. The van der Waals surface area contributed by atoms with Crippen LogP contribution in [-0.2, 0) is 28.6 Å². The van der Waals surface area contributed by atoms with Gasteiger partial charge in [0.2, 0.25) is 0 Å². The highest BCUT2D eigenvalue weighted by atomic mass is 16.6. The molecule has 0 aliphatic rings. The average Bonchev–Trinajstić information content (AvgIpc) is 3.41. The van der Waals surface area contributed by atoms with Crippen LogP contribution < -0.4 is 0 Å². The fourth-order valence-electron chi connectivity index (χ4n) is 7.60. The highest BCUT2D eigenvalue weighted by Crippen LogP contribution is 2.13. The maximum atomic E-state index is 12.9. The SMILES string of the molecule is CC/C=C\C/C=C\C/C=C\C/C=C\C/C=C\C/C=C\C/C=C\C/C=C\CCCCC(=O)OCC(COC(=O)CCCCCCCCCCC)OC(=O)CCCCCCC/C=C\C/C=C\C/C=C\C/C=C\C/C=C\CC. The van der Waals surface area contributed by atoms with E-state index in [1.165, 1.54) is 38.5 Å². The van der Waals surface area contributed by atoms with Crippen molar-refractivity contribution < 1.29 is 28.6 Å². The van der Waals surface area contributed by atoms with Crippen molar-refractivity contribution in [1.29, 1.82) is 0 Å². The highest BCUT2D eigenvalue weighted by molar-refractivity contribution is 5.71. The predicted molar refractivity (Wildman–Crippen MR) is 325 cm³/mol. The number of unbranched alkanes of at least 4 members (excludes halogenated alkanes) is 15. The summed E-state index contributed by atoms with van der Waals surface area (Å²) >= 11 is 0. The fourth-order valence-corrected chi connectivity index (χ4v) is 7.60. The Bertz CT molecular complexity index is 1710. The summed E-state index contributed by atoms with van der Waals surface area (Å²) in [7, 11) is 0. The molecule has 0 amide bonds. The van der Waals surface area contributed by atoms with Crippen LogP contribution in [0.2, 0.25) is 0 Å². The van der Waals surface area contributed by atoms with Crippen LogP contribution in [0.3, 0.4) is 0 Å². The van der Waals surface area contributed by atoms with Gasteiger partial charge in [0.05, 0.1) is 0 Å². The minimum Gasteiger partial charge on any atom is -0.462 e. The minimum atomic E-state index is -0.813. The molecule has 0 aromatic rings. The van der Waals surface area contributed by atoms with Crippen LogP contribution >= 0.6 is 0 Å². The van der Waals surface area contributed by atoms with Crippen LogP contribution in [0.1, 0.15) is 239 Å². The van der Waals surface area contributed by atoms with E-state index in [-0.39, 0.29) is 31.1 Å². The molecule has 0 spiro atoms. The Morgan fingerprint density at radius 2 is 0.520 bits per heavy atom. The van der Waals surface area contributed by atoms with Gasteiger partial charge in [0.25, 0.3) is 0 Å². The number of hydrogen-bond acceptors (Lipinski definition) is 6. The Morgan fingerprint density at radius 3 is 0.840 bits per heavy atom. The normalized spacial score (nSPS) is 13.3. The first kappa shape index (κ1) is 70.0. The second-order valence-corrected chi connectivity index (χ2v) is 19.1. The number of esters is 3. The van der Waals surface area contributed by atoms with Gasteiger partial charge < -0.3 is 14.2 Å². The van der Waals surface area contributed by atoms with Crippen molar-refractivity contribution in [2.45, 2.75) is 245 Å². The Morgan fingerprint density at radius 1 is 0.280 bits per heavy atom. The van der Waals surface area contributed by atoms with Gasteiger partial charge in [0.1, 0.15) is 13.2 Å². The first-order chi connectivity index (χ1) is 37.0. The third-order valence-electron chi connectivity index (χ3n) is 12.0. The van der Waals surface area contributed by atoms with Crippen LogP contribution in [0, 0.1) is 0 Å². The molecule has 1 atom stereocenters. The average molecular weight is 1030 g/mol. The Hall–Kier alpha value is -4.97. The van der Waals surface area contributed by atoms with Gasteiger partial charge in [0.15, 0.2) is 6.10 Å². The smallest absolute Gasteiger partial charge is 0.306 e. The lowest BCUT2D eigenvalue weighted by molar-refractivity contribution is -0.167. The minimum absolute atomic E-state index is 0.105. The van der Waals surface area contributed by atoms with Crippen LogP contribution in [0.25, 0.3) is 0 Å². The Kier molecular flexibility index (Phi) is 57.5. The molecule has 75 heavy (non-hydrogen) atoms. The zero-order valence-corrected chi connectivity index (χ0v) is 48.0. The molecule has 0 aliphatic carbocycles. The molecule has 420 valence electrons. The number of ether oxygens (including phenoxy) is 3. The maximum absolute atomic E-state index is 12.9. The predicted octanol–water partition coefficient (Wildman–Crippen LogP) is 20.5. The van der Waals surface area contributed by atoms with Gasteiger partial charge in [-0.05, 0) is 128 Å². The molecule has 0 heterocycles. The van der Waals surface area contributed by atoms with E-state index in [9.17, 15) is 14.4 Å². The number of carbonyl (C=O) groups is 3. The van der Waals surface area contributed by atoms with E-state index >= 15 is 0 Å². The van der Waals surface area contributed by atoms with Crippen LogP contribution in [-0.4, -0.2) is 37.2 Å². The van der Waals surface area contributed by atoms with E-state index in [4.69, 9.17) is 14.2 Å². The molecule has 0 aromatic carbocycles. The molecule has 0 fully saturated rings. The molecule has 0 rings (SSSR count). The number of carbonyl (C=O) groups excluding carboxylic acids is 3. The van der Waals surface area contributed by atoms with Crippen molar-refractivity contribution in [3.63, 3.8) is 0 Å². The van der Waals surface area contributed by atoms with E-state index < -0.39 is 6.10 Å². The monoisotopic (exact) mass is 1030 g/mol. The van der Waals surface area contributed by atoms with Crippen molar-refractivity contribution in [2.75, 3.05) is 13.2 Å². The summed E-state index contributed by atoms with van der Waals surface area (Å²) < 4.78 is 16.8. The molecular formula is C69H108O6. The molecule has 6 heteroatoms. The van der Waals surface area contributed by atoms with Gasteiger partial charge in [-0.1, -0.05) is 249 Å². The molecular weight excluding hydrogens is 925 g/mol. The van der Waals surface area contributed by atoms with Crippen LogP contribution in [0.4, 0.5) is 0 Å². The largest absolute Gasteiger partial charge is 0.462 e. The Balaban J connectivity index is 4.42. The standard InChI is InChI=1S/C69H108O6/c1-4-7-10-13-16-19-21-23-25-27-29-31-32-33-34-35-36-38-39-41-43-45-47-50-53-56-59-62-68(71)74-65-66(64-73-67(70)61-58-55-52-49-18-15-12-9-6-3)75-69(72)63-60-57-54-51-48-46-44-42-40-37-30-28-26-24-22-20-17-14-11-8-5-2/h7-8,10-11,16-17,19-20,23-26,29-31,33-34,36-38,41-44,47,50,66H,4-6,9,12-15,18,21-22,27-28,32,35,39-40,45-46,48-49,51-65H2,1-3H3/b10-7-,11-8-,19-16-,20-17-,25-23-,26-24-,31-29-,34-33-,37-30-,38-36-,43-41-,44-42-,50-47-. The van der Waals surface area contributed by atoms with E-state index in [1.54, 1.807) is 0 Å². The number of rotatable bonds is 52. The van der Waals surface area contributed by atoms with Gasteiger partial charge in [0, 0.05) is 19.3 Å². The van der Waals surface area contributed by atoms with Gasteiger partial charge in [-0.3, -0.25) is 14.4 Å². The van der Waals surface area contributed by atoms with Crippen LogP contribution in [0.5, 0.6) is 0 Å². The van der Waals surface area contributed by atoms with Gasteiger partial charge in [-0.15, -0.1) is 0 Å². The summed E-state index contributed by atoms with van der Waals surface area (Å²) in [6.45, 7) is 6.32. The number of hydrogen-bond donors (Lipinski definition) is 0.